The third-order valence-electron chi connectivity index (χ3n) is 2.93. The first-order valence-corrected chi connectivity index (χ1v) is 5.06. The summed E-state index contributed by atoms with van der Waals surface area (Å²) < 4.78 is 1.82. The molecular weight excluding hydrogens is 162 g/mol. The molecule has 0 aliphatic heterocycles. The minimum atomic E-state index is 0.669. The zero-order chi connectivity index (χ0) is 9.26. The lowest BCUT2D eigenvalue weighted by Crippen LogP contribution is -2.05. The molecule has 1 aliphatic carbocycles. The average Bonchev–Trinajstić information content (AvgIpc) is 2.47. The van der Waals surface area contributed by atoms with Gasteiger partial charge in [-0.25, -0.2) is 0 Å². The van der Waals surface area contributed by atoms with E-state index in [1.807, 2.05) is 11.7 Å². The predicted octanol–water partition coefficient (Wildman–Crippen LogP) is 2.05. The molecule has 0 bridgehead atoms. The van der Waals surface area contributed by atoms with Gasteiger partial charge in [0.2, 0.25) is 0 Å². The lowest BCUT2D eigenvalue weighted by atomic mass is 9.85. The molecule has 0 aromatic carbocycles. The van der Waals surface area contributed by atoms with Crippen LogP contribution in [-0.4, -0.2) is 9.78 Å². The predicted molar refractivity (Wildman–Crippen MR) is 53.4 cm³/mol. The maximum Gasteiger partial charge on any atom is 0.148 e. The molecule has 0 saturated heterocycles. The Morgan fingerprint density at radius 3 is 2.62 bits per heavy atom. The highest BCUT2D eigenvalue weighted by atomic mass is 15.3. The van der Waals surface area contributed by atoms with E-state index >= 15 is 0 Å². The van der Waals surface area contributed by atoms with Gasteiger partial charge < -0.3 is 5.73 Å². The molecule has 2 N–H and O–H groups in total. The maximum absolute atomic E-state index is 5.84. The molecule has 1 aromatic heterocycles. The maximum atomic E-state index is 5.84. The highest BCUT2D eigenvalue weighted by Gasteiger charge is 2.19. The summed E-state index contributed by atoms with van der Waals surface area (Å²) in [6.45, 7) is 0. The molecule has 1 saturated carbocycles. The van der Waals surface area contributed by atoms with Crippen molar-refractivity contribution in [3.63, 3.8) is 0 Å². The molecule has 0 spiro atoms. The second-order valence-electron chi connectivity index (χ2n) is 3.98. The number of anilines is 1. The van der Waals surface area contributed by atoms with Gasteiger partial charge >= 0.3 is 0 Å². The summed E-state index contributed by atoms with van der Waals surface area (Å²) in [7, 11) is 1.93. The SMILES string of the molecule is Cn1cc(C2CCCCC2)c(N)n1. The van der Waals surface area contributed by atoms with Gasteiger partial charge in [-0.1, -0.05) is 19.3 Å². The van der Waals surface area contributed by atoms with Crippen LogP contribution in [0.3, 0.4) is 0 Å². The lowest BCUT2D eigenvalue weighted by molar-refractivity contribution is 0.444. The van der Waals surface area contributed by atoms with Crippen molar-refractivity contribution in [1.29, 1.82) is 0 Å². The monoisotopic (exact) mass is 179 g/mol. The van der Waals surface area contributed by atoms with Gasteiger partial charge in [0.05, 0.1) is 0 Å². The Morgan fingerprint density at radius 2 is 2.08 bits per heavy atom. The van der Waals surface area contributed by atoms with Crippen molar-refractivity contribution in [2.45, 2.75) is 38.0 Å². The number of nitrogens with zero attached hydrogens (tertiary/aromatic N) is 2. The van der Waals surface area contributed by atoms with Crippen LogP contribution in [0.25, 0.3) is 0 Å². The average molecular weight is 179 g/mol. The standard InChI is InChI=1S/C10H17N3/c1-13-7-9(10(11)12-13)8-5-3-2-4-6-8/h7-8H,2-6H2,1H3,(H2,11,12). The van der Waals surface area contributed by atoms with Gasteiger partial charge in [-0.2, -0.15) is 5.10 Å². The van der Waals surface area contributed by atoms with E-state index < -0.39 is 0 Å². The van der Waals surface area contributed by atoms with Crippen molar-refractivity contribution < 1.29 is 0 Å². The minimum Gasteiger partial charge on any atom is -0.382 e. The van der Waals surface area contributed by atoms with Crippen molar-refractivity contribution in [1.82, 2.24) is 9.78 Å². The van der Waals surface area contributed by atoms with Crippen molar-refractivity contribution in [2.24, 2.45) is 7.05 Å². The first-order chi connectivity index (χ1) is 6.27. The molecule has 1 heterocycles. The molecule has 0 unspecified atom stereocenters. The van der Waals surface area contributed by atoms with E-state index in [-0.39, 0.29) is 0 Å². The van der Waals surface area contributed by atoms with Crippen molar-refractivity contribution in [3.8, 4) is 0 Å². The molecule has 0 amide bonds. The number of nitrogens with two attached hydrogens (primary N) is 1. The number of aromatic nitrogens is 2. The van der Waals surface area contributed by atoms with Crippen LogP contribution in [0.2, 0.25) is 0 Å². The minimum absolute atomic E-state index is 0.669. The van der Waals surface area contributed by atoms with Crippen LogP contribution in [-0.2, 0) is 7.05 Å². The summed E-state index contributed by atoms with van der Waals surface area (Å²) in [4.78, 5) is 0. The van der Waals surface area contributed by atoms with E-state index in [2.05, 4.69) is 11.3 Å². The molecule has 3 nitrogen and oxygen atoms in total. The van der Waals surface area contributed by atoms with Crippen molar-refractivity contribution in [3.05, 3.63) is 11.8 Å². The second-order valence-corrected chi connectivity index (χ2v) is 3.98. The number of hydrogen-bond acceptors (Lipinski definition) is 2. The van der Waals surface area contributed by atoms with Crippen LogP contribution < -0.4 is 5.73 Å². The lowest BCUT2D eigenvalue weighted by Gasteiger charge is -2.20. The number of aryl methyl sites for hydroxylation is 1. The molecule has 2 rings (SSSR count). The smallest absolute Gasteiger partial charge is 0.148 e. The largest absolute Gasteiger partial charge is 0.382 e. The van der Waals surface area contributed by atoms with Gasteiger partial charge in [0.15, 0.2) is 0 Å². The van der Waals surface area contributed by atoms with Crippen LogP contribution in [0, 0.1) is 0 Å². The number of nitrogen functional groups attached to an aromatic ring is 1. The molecular formula is C10H17N3. The summed E-state index contributed by atoms with van der Waals surface area (Å²) in [5, 5.41) is 4.18. The summed E-state index contributed by atoms with van der Waals surface area (Å²) in [6, 6.07) is 0. The van der Waals surface area contributed by atoms with Crippen molar-refractivity contribution in [2.75, 3.05) is 5.73 Å². The first-order valence-electron chi connectivity index (χ1n) is 5.06. The molecule has 72 valence electrons. The quantitative estimate of drug-likeness (QED) is 0.717. The fraction of sp³-hybridized carbons (Fsp3) is 0.700. The van der Waals surface area contributed by atoms with Crippen LogP contribution in [0.15, 0.2) is 6.20 Å². The van der Waals surface area contributed by atoms with E-state index in [1.165, 1.54) is 37.7 Å². The molecule has 0 atom stereocenters. The van der Waals surface area contributed by atoms with E-state index in [0.29, 0.717) is 5.92 Å². The second kappa shape index (κ2) is 3.40. The van der Waals surface area contributed by atoms with E-state index in [0.717, 1.165) is 5.82 Å². The first kappa shape index (κ1) is 8.60. The van der Waals surface area contributed by atoms with Crippen LogP contribution >= 0.6 is 0 Å². The third-order valence-corrected chi connectivity index (χ3v) is 2.93. The topological polar surface area (TPSA) is 43.8 Å². The number of hydrogen-bond donors (Lipinski definition) is 1. The zero-order valence-corrected chi connectivity index (χ0v) is 8.16. The Morgan fingerprint density at radius 1 is 1.38 bits per heavy atom. The Kier molecular flexibility index (Phi) is 2.25. The summed E-state index contributed by atoms with van der Waals surface area (Å²) in [5.41, 5.74) is 7.11. The van der Waals surface area contributed by atoms with Gasteiger partial charge in [0.25, 0.3) is 0 Å². The molecule has 3 heteroatoms. The van der Waals surface area contributed by atoms with Gasteiger partial charge in [0, 0.05) is 18.8 Å². The highest BCUT2D eigenvalue weighted by molar-refractivity contribution is 5.40. The summed E-state index contributed by atoms with van der Waals surface area (Å²) in [6.07, 6.45) is 8.73. The Labute approximate surface area is 78.9 Å². The highest BCUT2D eigenvalue weighted by Crippen LogP contribution is 2.34. The zero-order valence-electron chi connectivity index (χ0n) is 8.16. The van der Waals surface area contributed by atoms with Crippen LogP contribution in [0.1, 0.15) is 43.6 Å². The van der Waals surface area contributed by atoms with E-state index in [9.17, 15) is 0 Å². The molecule has 1 aliphatic rings. The molecule has 13 heavy (non-hydrogen) atoms. The molecule has 1 aromatic rings. The fourth-order valence-corrected chi connectivity index (χ4v) is 2.25. The Bertz CT molecular complexity index is 284. The van der Waals surface area contributed by atoms with Gasteiger partial charge in [-0.05, 0) is 18.8 Å². The fourth-order valence-electron chi connectivity index (χ4n) is 2.25. The van der Waals surface area contributed by atoms with Gasteiger partial charge in [-0.15, -0.1) is 0 Å². The van der Waals surface area contributed by atoms with Crippen LogP contribution in [0.5, 0.6) is 0 Å². The van der Waals surface area contributed by atoms with E-state index in [4.69, 9.17) is 5.73 Å². The Balaban J connectivity index is 2.18. The van der Waals surface area contributed by atoms with Crippen molar-refractivity contribution >= 4 is 5.82 Å². The summed E-state index contributed by atoms with van der Waals surface area (Å²) in [5.74, 6) is 1.40. The van der Waals surface area contributed by atoms with Gasteiger partial charge in [0.1, 0.15) is 5.82 Å². The molecule has 0 radical (unpaired) electrons. The molecule has 1 fully saturated rings. The van der Waals surface area contributed by atoms with E-state index in [1.54, 1.807) is 0 Å². The Hall–Kier alpha value is -0.990. The number of rotatable bonds is 1. The third kappa shape index (κ3) is 1.69. The summed E-state index contributed by atoms with van der Waals surface area (Å²) >= 11 is 0. The normalized spacial score (nSPS) is 19.2. The van der Waals surface area contributed by atoms with Gasteiger partial charge in [-0.3, -0.25) is 4.68 Å². The van der Waals surface area contributed by atoms with Crippen LogP contribution in [0.4, 0.5) is 5.82 Å².